The van der Waals surface area contributed by atoms with Gasteiger partial charge in [-0.3, -0.25) is 0 Å². The van der Waals surface area contributed by atoms with Crippen molar-refractivity contribution in [2.24, 2.45) is 0 Å². The third-order valence-corrected chi connectivity index (χ3v) is 3.32. The minimum Gasteiger partial charge on any atom is -0.372 e. The lowest BCUT2D eigenvalue weighted by Gasteiger charge is -2.33. The summed E-state index contributed by atoms with van der Waals surface area (Å²) in [6.45, 7) is 2.20. The molecule has 84 valence electrons. The van der Waals surface area contributed by atoms with Gasteiger partial charge in [-0.1, -0.05) is 60.7 Å². The van der Waals surface area contributed by atoms with Crippen LogP contribution in [0.5, 0.6) is 0 Å². The summed E-state index contributed by atoms with van der Waals surface area (Å²) in [5.74, 6) is 0. The Morgan fingerprint density at radius 2 is 1.59 bits per heavy atom. The zero-order valence-electron chi connectivity index (χ0n) is 9.85. The van der Waals surface area contributed by atoms with Crippen LogP contribution in [0.2, 0.25) is 0 Å². The highest BCUT2D eigenvalue weighted by molar-refractivity contribution is 5.72. The molecule has 17 heavy (non-hydrogen) atoms. The quantitative estimate of drug-likeness (QED) is 0.766. The summed E-state index contributed by atoms with van der Waals surface area (Å²) in [5.41, 5.74) is 3.61. The standard InChI is InChI=1S/C16H15N/c1-16(14-8-3-2-4-9-14)12-11-13-7-5-6-10-15(13)17-16/h2-12,17H,1H3/t16-/m1/s1. The molecule has 1 aliphatic heterocycles. The van der Waals surface area contributed by atoms with E-state index in [0.29, 0.717) is 0 Å². The fourth-order valence-corrected chi connectivity index (χ4v) is 2.29. The molecule has 1 nitrogen and oxygen atoms in total. The number of fused-ring (bicyclic) bond motifs is 1. The van der Waals surface area contributed by atoms with Crippen molar-refractivity contribution in [3.8, 4) is 0 Å². The van der Waals surface area contributed by atoms with Crippen LogP contribution < -0.4 is 5.32 Å². The zero-order chi connectivity index (χ0) is 11.7. The van der Waals surface area contributed by atoms with Gasteiger partial charge in [0.15, 0.2) is 0 Å². The molecule has 2 aromatic carbocycles. The van der Waals surface area contributed by atoms with Crippen LogP contribution in [0.4, 0.5) is 5.69 Å². The highest BCUT2D eigenvalue weighted by Gasteiger charge is 2.26. The second-order valence-corrected chi connectivity index (χ2v) is 4.61. The van der Waals surface area contributed by atoms with Gasteiger partial charge in [-0.2, -0.15) is 0 Å². The highest BCUT2D eigenvalue weighted by atomic mass is 15.0. The van der Waals surface area contributed by atoms with E-state index in [2.05, 4.69) is 72.9 Å². The van der Waals surface area contributed by atoms with E-state index in [1.165, 1.54) is 16.8 Å². The van der Waals surface area contributed by atoms with Gasteiger partial charge in [0.1, 0.15) is 0 Å². The van der Waals surface area contributed by atoms with E-state index in [1.807, 2.05) is 6.07 Å². The molecule has 0 spiro atoms. The summed E-state index contributed by atoms with van der Waals surface area (Å²) in [6, 6.07) is 18.9. The van der Waals surface area contributed by atoms with E-state index >= 15 is 0 Å². The first-order valence-electron chi connectivity index (χ1n) is 5.90. The van der Waals surface area contributed by atoms with Crippen LogP contribution in [0.1, 0.15) is 18.1 Å². The Balaban J connectivity index is 2.04. The summed E-state index contributed by atoms with van der Waals surface area (Å²) < 4.78 is 0. The molecule has 0 aromatic heterocycles. The average Bonchev–Trinajstić information content (AvgIpc) is 2.40. The van der Waals surface area contributed by atoms with Crippen LogP contribution in [0, 0.1) is 0 Å². The minimum absolute atomic E-state index is 0.115. The Bertz CT molecular complexity index is 557. The monoisotopic (exact) mass is 221 g/mol. The van der Waals surface area contributed by atoms with Crippen molar-refractivity contribution in [3.63, 3.8) is 0 Å². The number of nitrogens with one attached hydrogen (secondary N) is 1. The van der Waals surface area contributed by atoms with Crippen molar-refractivity contribution in [2.75, 3.05) is 5.32 Å². The van der Waals surface area contributed by atoms with E-state index in [4.69, 9.17) is 0 Å². The van der Waals surface area contributed by atoms with Crippen LogP contribution in [0.3, 0.4) is 0 Å². The van der Waals surface area contributed by atoms with Crippen LogP contribution in [-0.4, -0.2) is 0 Å². The third kappa shape index (κ3) is 1.74. The highest BCUT2D eigenvalue weighted by Crippen LogP contribution is 2.34. The normalized spacial score (nSPS) is 21.7. The topological polar surface area (TPSA) is 12.0 Å². The van der Waals surface area contributed by atoms with E-state index in [9.17, 15) is 0 Å². The zero-order valence-corrected chi connectivity index (χ0v) is 9.85. The predicted octanol–water partition coefficient (Wildman–Crippen LogP) is 4.04. The van der Waals surface area contributed by atoms with Crippen molar-refractivity contribution in [2.45, 2.75) is 12.5 Å². The summed E-state index contributed by atoms with van der Waals surface area (Å²) in [6.07, 6.45) is 4.42. The molecule has 3 rings (SSSR count). The van der Waals surface area contributed by atoms with Gasteiger partial charge in [0.2, 0.25) is 0 Å². The van der Waals surface area contributed by atoms with Gasteiger partial charge in [-0.25, -0.2) is 0 Å². The largest absolute Gasteiger partial charge is 0.372 e. The molecule has 2 aromatic rings. The van der Waals surface area contributed by atoms with Gasteiger partial charge >= 0.3 is 0 Å². The van der Waals surface area contributed by atoms with Crippen molar-refractivity contribution in [3.05, 3.63) is 71.8 Å². The maximum absolute atomic E-state index is 3.60. The molecule has 1 heteroatoms. The first kappa shape index (κ1) is 10.2. The Hall–Kier alpha value is -2.02. The van der Waals surface area contributed by atoms with Gasteiger partial charge < -0.3 is 5.32 Å². The molecule has 0 bridgehead atoms. The van der Waals surface area contributed by atoms with Crippen LogP contribution in [0.15, 0.2) is 60.7 Å². The smallest absolute Gasteiger partial charge is 0.0784 e. The van der Waals surface area contributed by atoms with E-state index in [0.717, 1.165) is 0 Å². The molecule has 1 aliphatic rings. The summed E-state index contributed by atoms with van der Waals surface area (Å²) in [5, 5.41) is 3.60. The molecule has 0 saturated heterocycles. The molecule has 1 heterocycles. The van der Waals surface area contributed by atoms with Crippen molar-refractivity contribution >= 4 is 11.8 Å². The minimum atomic E-state index is -0.115. The molecule has 0 saturated carbocycles. The molecule has 1 atom stereocenters. The van der Waals surface area contributed by atoms with E-state index in [-0.39, 0.29) is 5.54 Å². The SMILES string of the molecule is C[C@]1(c2ccccc2)C=Cc2ccccc2N1. The maximum atomic E-state index is 3.60. The molecule has 0 unspecified atom stereocenters. The molecule has 1 N–H and O–H groups in total. The van der Waals surface area contributed by atoms with Gasteiger partial charge in [0, 0.05) is 5.69 Å². The van der Waals surface area contributed by atoms with Gasteiger partial charge in [0.05, 0.1) is 5.54 Å². The first-order chi connectivity index (χ1) is 8.28. The lowest BCUT2D eigenvalue weighted by molar-refractivity contribution is 0.688. The molecular weight excluding hydrogens is 206 g/mol. The number of benzene rings is 2. The second kappa shape index (κ2) is 3.77. The van der Waals surface area contributed by atoms with Gasteiger partial charge in [-0.05, 0) is 24.1 Å². The number of hydrogen-bond donors (Lipinski definition) is 1. The Kier molecular flexibility index (Phi) is 2.25. The first-order valence-corrected chi connectivity index (χ1v) is 5.90. The van der Waals surface area contributed by atoms with Gasteiger partial charge in [-0.15, -0.1) is 0 Å². The summed E-state index contributed by atoms with van der Waals surface area (Å²) in [4.78, 5) is 0. The summed E-state index contributed by atoms with van der Waals surface area (Å²) >= 11 is 0. The lowest BCUT2D eigenvalue weighted by atomic mass is 9.87. The maximum Gasteiger partial charge on any atom is 0.0784 e. The van der Waals surface area contributed by atoms with E-state index < -0.39 is 0 Å². The Labute approximate surface area is 102 Å². The fourth-order valence-electron chi connectivity index (χ4n) is 2.29. The molecule has 0 aliphatic carbocycles. The molecule has 0 amide bonds. The third-order valence-electron chi connectivity index (χ3n) is 3.32. The number of para-hydroxylation sites is 1. The Morgan fingerprint density at radius 3 is 2.41 bits per heavy atom. The number of hydrogen-bond acceptors (Lipinski definition) is 1. The van der Waals surface area contributed by atoms with Crippen molar-refractivity contribution < 1.29 is 0 Å². The van der Waals surface area contributed by atoms with Crippen molar-refractivity contribution in [1.82, 2.24) is 0 Å². The Morgan fingerprint density at radius 1 is 0.882 bits per heavy atom. The number of anilines is 1. The van der Waals surface area contributed by atoms with Crippen LogP contribution >= 0.6 is 0 Å². The summed E-state index contributed by atoms with van der Waals surface area (Å²) in [7, 11) is 0. The lowest BCUT2D eigenvalue weighted by Crippen LogP contribution is -2.31. The predicted molar refractivity (Wildman–Crippen MR) is 72.9 cm³/mol. The van der Waals surface area contributed by atoms with Crippen LogP contribution in [-0.2, 0) is 5.54 Å². The average molecular weight is 221 g/mol. The number of rotatable bonds is 1. The molecule has 0 radical (unpaired) electrons. The molecular formula is C16H15N. The van der Waals surface area contributed by atoms with Crippen molar-refractivity contribution in [1.29, 1.82) is 0 Å². The molecule has 0 fully saturated rings. The second-order valence-electron chi connectivity index (χ2n) is 4.61. The fraction of sp³-hybridized carbons (Fsp3) is 0.125. The van der Waals surface area contributed by atoms with Gasteiger partial charge in [0.25, 0.3) is 0 Å². The van der Waals surface area contributed by atoms with E-state index in [1.54, 1.807) is 0 Å². The van der Waals surface area contributed by atoms with Crippen LogP contribution in [0.25, 0.3) is 6.08 Å².